The zero-order chi connectivity index (χ0) is 17.6. The summed E-state index contributed by atoms with van der Waals surface area (Å²) in [5, 5.41) is 10.2. The zero-order valence-corrected chi connectivity index (χ0v) is 20.0. The van der Waals surface area contributed by atoms with E-state index in [1.165, 1.54) is 6.26 Å². The summed E-state index contributed by atoms with van der Waals surface area (Å²) < 4.78 is 25.0. The molecule has 0 aromatic rings. The van der Waals surface area contributed by atoms with Crippen LogP contribution in [0.3, 0.4) is 0 Å². The van der Waals surface area contributed by atoms with Crippen molar-refractivity contribution in [2.24, 2.45) is 17.3 Å². The van der Waals surface area contributed by atoms with Gasteiger partial charge in [0.15, 0.2) is 0 Å². The molecule has 22 heavy (non-hydrogen) atoms. The molecular formula is C14H25I2NO3SV. The van der Waals surface area contributed by atoms with Gasteiger partial charge >= 0.3 is 49.4 Å². The molecule has 0 saturated heterocycles. The molecule has 1 aliphatic rings. The minimum absolute atomic E-state index is 0.0359. The Balaban J connectivity index is 0.00000135. The first-order valence-corrected chi connectivity index (χ1v) is 17.9. The number of terminal acetylenes is 1. The maximum atomic E-state index is 11.2. The van der Waals surface area contributed by atoms with E-state index in [1.807, 2.05) is 6.92 Å². The van der Waals surface area contributed by atoms with E-state index >= 15 is 0 Å². The Bertz CT molecular complexity index is 493. The Labute approximate surface area is 164 Å². The van der Waals surface area contributed by atoms with Gasteiger partial charge in [-0.05, 0) is 36.5 Å². The van der Waals surface area contributed by atoms with Crippen molar-refractivity contribution in [2.45, 2.75) is 45.6 Å². The summed E-state index contributed by atoms with van der Waals surface area (Å²) in [4.78, 5) is 0. The van der Waals surface area contributed by atoms with Gasteiger partial charge < -0.3 is 5.11 Å². The van der Waals surface area contributed by atoms with E-state index in [0.717, 1.165) is 12.8 Å². The van der Waals surface area contributed by atoms with Crippen molar-refractivity contribution >= 4 is 50.0 Å². The van der Waals surface area contributed by atoms with Gasteiger partial charge in [0.05, 0.1) is 6.26 Å². The maximum absolute atomic E-state index is 11.2. The third-order valence-electron chi connectivity index (χ3n) is 4.47. The number of hydrogen-bond acceptors (Lipinski definition) is 3. The Morgan fingerprint density at radius 2 is 2.00 bits per heavy atom. The second kappa shape index (κ2) is 9.83. The topological polar surface area (TPSA) is 66.4 Å². The van der Waals surface area contributed by atoms with Gasteiger partial charge in [-0.25, -0.2) is 13.1 Å². The molecular weight excluding hydrogens is 567 g/mol. The van der Waals surface area contributed by atoms with E-state index in [0.29, 0.717) is 28.3 Å². The molecule has 0 heterocycles. The van der Waals surface area contributed by atoms with E-state index in [-0.39, 0.29) is 11.3 Å². The van der Waals surface area contributed by atoms with Crippen molar-refractivity contribution in [1.29, 1.82) is 0 Å². The first kappa shape index (κ1) is 23.5. The summed E-state index contributed by atoms with van der Waals surface area (Å²) in [6.07, 6.45) is 8.80. The van der Waals surface area contributed by atoms with Crippen molar-refractivity contribution in [3.05, 3.63) is 0 Å². The Kier molecular flexibility index (Phi) is 10.5. The second-order valence-corrected chi connectivity index (χ2v) is 20.2. The van der Waals surface area contributed by atoms with Gasteiger partial charge in [0.2, 0.25) is 10.0 Å². The molecule has 1 aliphatic carbocycles. The monoisotopic (exact) mass is 592 g/mol. The molecule has 8 heteroatoms. The van der Waals surface area contributed by atoms with E-state index in [2.05, 4.69) is 64.4 Å². The van der Waals surface area contributed by atoms with Gasteiger partial charge in [0.25, 0.3) is 0 Å². The van der Waals surface area contributed by atoms with Crippen LogP contribution in [0.1, 0.15) is 40.0 Å². The summed E-state index contributed by atoms with van der Waals surface area (Å²) >= 11 is 4.74. The van der Waals surface area contributed by atoms with Crippen LogP contribution < -0.4 is 4.72 Å². The Hall–Kier alpha value is 1.47. The molecule has 0 amide bonds. The molecule has 3 unspecified atom stereocenters. The van der Waals surface area contributed by atoms with Crippen LogP contribution in [0.25, 0.3) is 0 Å². The number of aliphatic hydroxyl groups is 1. The predicted molar refractivity (Wildman–Crippen MR) is 105 cm³/mol. The summed E-state index contributed by atoms with van der Waals surface area (Å²) in [6.45, 7) is 6.50. The fourth-order valence-corrected chi connectivity index (χ4v) is 3.40. The van der Waals surface area contributed by atoms with Gasteiger partial charge in [-0.3, -0.25) is 0 Å². The van der Waals surface area contributed by atoms with E-state index < -0.39 is 15.6 Å². The third-order valence-corrected chi connectivity index (χ3v) is 5.14. The standard InChI is InChI=1S/C14H25NO3S.2HI.V/c1-6-14(16)8-7-12(9-11(14)2)13(3,4)10-15-19(5,17)18;;;/h1,11-12,15-16H,7-10H2,2-5H3;2*1H;/q;;;+2/p-2. The Morgan fingerprint density at radius 1 is 1.50 bits per heavy atom. The van der Waals surface area contributed by atoms with Crippen molar-refractivity contribution in [2.75, 3.05) is 12.8 Å². The summed E-state index contributed by atoms with van der Waals surface area (Å²) in [7, 11) is -2.54. The summed E-state index contributed by atoms with van der Waals surface area (Å²) in [6, 6.07) is 0. The first-order chi connectivity index (χ1) is 9.91. The normalized spacial score (nSPS) is 29.0. The van der Waals surface area contributed by atoms with E-state index in [9.17, 15) is 13.5 Å². The van der Waals surface area contributed by atoms with Crippen molar-refractivity contribution in [1.82, 2.24) is 4.72 Å². The number of hydrogen-bond donors (Lipinski definition) is 2. The van der Waals surface area contributed by atoms with Crippen LogP contribution in [0, 0.1) is 29.6 Å². The molecule has 0 radical (unpaired) electrons. The average Bonchev–Trinajstić information content (AvgIpc) is 2.40. The molecule has 0 spiro atoms. The van der Waals surface area contributed by atoms with Crippen LogP contribution in [0.4, 0.5) is 0 Å². The zero-order valence-electron chi connectivity index (χ0n) is 13.4. The van der Waals surface area contributed by atoms with Crippen LogP contribution >= 0.6 is 40.0 Å². The molecule has 0 aromatic carbocycles. The van der Waals surface area contributed by atoms with Gasteiger partial charge in [-0.15, -0.1) is 6.42 Å². The molecule has 1 fully saturated rings. The number of halogens is 2. The fraction of sp³-hybridized carbons (Fsp3) is 0.857. The number of nitrogens with one attached hydrogen (secondary N) is 1. The van der Waals surface area contributed by atoms with Gasteiger partial charge in [-0.2, -0.15) is 0 Å². The van der Waals surface area contributed by atoms with Gasteiger partial charge in [0.1, 0.15) is 5.60 Å². The van der Waals surface area contributed by atoms with Crippen LogP contribution in [0.15, 0.2) is 0 Å². The first-order valence-electron chi connectivity index (χ1n) is 6.99. The van der Waals surface area contributed by atoms with Crippen LogP contribution in [-0.2, 0) is 19.5 Å². The fourth-order valence-electron chi connectivity index (χ4n) is 2.77. The van der Waals surface area contributed by atoms with Crippen molar-refractivity contribution in [3.63, 3.8) is 0 Å². The molecule has 2 N–H and O–H groups in total. The summed E-state index contributed by atoms with van der Waals surface area (Å²) in [5.41, 5.74) is -1.15. The van der Waals surface area contributed by atoms with E-state index in [4.69, 9.17) is 6.42 Å². The molecule has 0 bridgehead atoms. The Morgan fingerprint density at radius 3 is 2.36 bits per heavy atom. The third kappa shape index (κ3) is 8.03. The molecule has 129 valence electrons. The quantitative estimate of drug-likeness (QED) is 0.390. The van der Waals surface area contributed by atoms with E-state index in [1.54, 1.807) is 0 Å². The molecule has 1 saturated carbocycles. The van der Waals surface area contributed by atoms with Crippen LogP contribution in [0.5, 0.6) is 0 Å². The molecule has 1 rings (SSSR count). The molecule has 0 aliphatic heterocycles. The molecule has 3 atom stereocenters. The minimum atomic E-state index is -3.17. The van der Waals surface area contributed by atoms with Crippen molar-refractivity contribution in [3.8, 4) is 12.3 Å². The number of sulfonamides is 1. The average molecular weight is 592 g/mol. The summed E-state index contributed by atoms with van der Waals surface area (Å²) in [5.74, 6) is 2.89. The van der Waals surface area contributed by atoms with Crippen LogP contribution in [-0.4, -0.2) is 31.9 Å². The van der Waals surface area contributed by atoms with Gasteiger partial charge in [-0.1, -0.05) is 26.7 Å². The molecule has 4 nitrogen and oxygen atoms in total. The molecule has 0 aromatic heterocycles. The van der Waals surface area contributed by atoms with Crippen LogP contribution in [0.2, 0.25) is 0 Å². The van der Waals surface area contributed by atoms with Crippen molar-refractivity contribution < 1.29 is 23.0 Å². The van der Waals surface area contributed by atoms with Gasteiger partial charge in [0, 0.05) is 6.54 Å². The second-order valence-electron chi connectivity index (χ2n) is 6.59. The predicted octanol–water partition coefficient (Wildman–Crippen LogP) is 3.13. The SMILES string of the molecule is C#CC1(O)CCC(C(C)(C)CNS(C)(=O)=O)CC1C.[I][V][I]. The number of rotatable bonds is 4.